The van der Waals surface area contributed by atoms with Crippen molar-refractivity contribution in [2.75, 3.05) is 5.73 Å². The summed E-state index contributed by atoms with van der Waals surface area (Å²) in [6, 6.07) is 12.3. The molecule has 118 valence electrons. The third-order valence-electron chi connectivity index (χ3n) is 3.65. The van der Waals surface area contributed by atoms with E-state index in [1.54, 1.807) is 41.0 Å². The summed E-state index contributed by atoms with van der Waals surface area (Å²) in [4.78, 5) is 11.1. The van der Waals surface area contributed by atoms with Crippen LogP contribution in [0.25, 0.3) is 10.9 Å². The number of fused-ring (bicyclic) bond motifs is 1. The van der Waals surface area contributed by atoms with Crippen molar-refractivity contribution in [3.05, 3.63) is 53.2 Å². The second kappa shape index (κ2) is 5.85. The summed E-state index contributed by atoms with van der Waals surface area (Å²) in [5.74, 6) is 0.238. The molecule has 0 bridgehead atoms. The van der Waals surface area contributed by atoms with E-state index in [-0.39, 0.29) is 6.54 Å². The highest BCUT2D eigenvalue weighted by molar-refractivity contribution is 6.30. The number of nitrogen functional groups attached to an aromatic ring is 1. The average molecular weight is 331 g/mol. The van der Waals surface area contributed by atoms with Gasteiger partial charge in [0.05, 0.1) is 16.6 Å². The van der Waals surface area contributed by atoms with Gasteiger partial charge >= 0.3 is 5.97 Å². The van der Waals surface area contributed by atoms with Crippen molar-refractivity contribution in [3.63, 3.8) is 0 Å². The Morgan fingerprint density at radius 3 is 2.61 bits per heavy atom. The molecule has 1 heterocycles. The third kappa shape index (κ3) is 2.83. The highest BCUT2D eigenvalue weighted by atomic mass is 35.5. The SMILES string of the molecule is Cc1c(Oc2ccc(Cl)cc2)c2c(N)cccc2n1CC(=O)O. The molecule has 23 heavy (non-hydrogen) atoms. The van der Waals surface area contributed by atoms with E-state index in [0.717, 1.165) is 5.52 Å². The molecule has 2 aromatic carbocycles. The molecule has 5 nitrogen and oxygen atoms in total. The third-order valence-corrected chi connectivity index (χ3v) is 3.90. The summed E-state index contributed by atoms with van der Waals surface area (Å²) in [6.45, 7) is 1.66. The summed E-state index contributed by atoms with van der Waals surface area (Å²) in [5, 5.41) is 10.5. The van der Waals surface area contributed by atoms with Gasteiger partial charge in [-0.3, -0.25) is 4.79 Å². The number of rotatable bonds is 4. The zero-order valence-corrected chi connectivity index (χ0v) is 13.2. The molecule has 0 spiro atoms. The Balaban J connectivity index is 2.17. The first-order chi connectivity index (χ1) is 11.0. The van der Waals surface area contributed by atoms with Crippen LogP contribution in [-0.4, -0.2) is 15.6 Å². The summed E-state index contributed by atoms with van der Waals surface area (Å²) < 4.78 is 7.65. The van der Waals surface area contributed by atoms with E-state index in [2.05, 4.69) is 0 Å². The van der Waals surface area contributed by atoms with E-state index in [9.17, 15) is 4.79 Å². The number of anilines is 1. The van der Waals surface area contributed by atoms with Gasteiger partial charge in [-0.1, -0.05) is 17.7 Å². The van der Waals surface area contributed by atoms with Gasteiger partial charge in [-0.05, 0) is 43.3 Å². The molecule has 0 fully saturated rings. The molecule has 6 heteroatoms. The number of ether oxygens (including phenoxy) is 1. The Hall–Kier alpha value is -2.66. The van der Waals surface area contributed by atoms with Crippen molar-refractivity contribution in [2.45, 2.75) is 13.5 Å². The van der Waals surface area contributed by atoms with Crippen LogP contribution in [-0.2, 0) is 11.3 Å². The minimum absolute atomic E-state index is 0.157. The standard InChI is InChI=1S/C17H15ClN2O3/c1-10-17(23-12-7-5-11(18)6-8-12)16-13(19)3-2-4-14(16)20(10)9-15(21)22/h2-8H,9,19H2,1H3,(H,21,22). The maximum atomic E-state index is 11.1. The quantitative estimate of drug-likeness (QED) is 0.707. The van der Waals surface area contributed by atoms with Gasteiger partial charge in [-0.25, -0.2) is 0 Å². The number of halogens is 1. The normalized spacial score (nSPS) is 10.9. The molecule has 0 aliphatic carbocycles. The van der Waals surface area contributed by atoms with Crippen molar-refractivity contribution >= 4 is 34.2 Å². The second-order valence-corrected chi connectivity index (χ2v) is 5.63. The number of hydrogen-bond acceptors (Lipinski definition) is 3. The van der Waals surface area contributed by atoms with Crippen LogP contribution < -0.4 is 10.5 Å². The van der Waals surface area contributed by atoms with Crippen LogP contribution in [0.3, 0.4) is 0 Å². The summed E-state index contributed by atoms with van der Waals surface area (Å²) in [7, 11) is 0. The van der Waals surface area contributed by atoms with Crippen LogP contribution >= 0.6 is 11.6 Å². The van der Waals surface area contributed by atoms with Crippen molar-refractivity contribution in [3.8, 4) is 11.5 Å². The van der Waals surface area contributed by atoms with Gasteiger partial charge in [0.15, 0.2) is 5.75 Å². The largest absolute Gasteiger partial charge is 0.480 e. The molecule has 0 unspecified atom stereocenters. The molecule has 3 aromatic rings. The minimum Gasteiger partial charge on any atom is -0.480 e. The first-order valence-corrected chi connectivity index (χ1v) is 7.37. The highest BCUT2D eigenvalue weighted by Crippen LogP contribution is 2.39. The molecule has 1 aromatic heterocycles. The topological polar surface area (TPSA) is 77.5 Å². The van der Waals surface area contributed by atoms with Crippen molar-refractivity contribution < 1.29 is 14.6 Å². The summed E-state index contributed by atoms with van der Waals surface area (Å²) in [5.41, 5.74) is 8.06. The van der Waals surface area contributed by atoms with Gasteiger partial charge in [0, 0.05) is 10.7 Å². The lowest BCUT2D eigenvalue weighted by Crippen LogP contribution is -2.09. The average Bonchev–Trinajstić information content (AvgIpc) is 2.76. The van der Waals surface area contributed by atoms with E-state index in [4.69, 9.17) is 27.2 Å². The number of nitrogens with zero attached hydrogens (tertiary/aromatic N) is 1. The van der Waals surface area contributed by atoms with E-state index in [1.807, 2.05) is 13.0 Å². The number of aliphatic carboxylic acids is 1. The van der Waals surface area contributed by atoms with Gasteiger partial charge in [-0.15, -0.1) is 0 Å². The zero-order chi connectivity index (χ0) is 16.6. The number of hydrogen-bond donors (Lipinski definition) is 2. The first-order valence-electron chi connectivity index (χ1n) is 7.00. The lowest BCUT2D eigenvalue weighted by Gasteiger charge is -2.07. The van der Waals surface area contributed by atoms with Gasteiger partial charge < -0.3 is 20.1 Å². The van der Waals surface area contributed by atoms with Crippen LogP contribution in [0, 0.1) is 6.92 Å². The van der Waals surface area contributed by atoms with E-state index < -0.39 is 5.97 Å². The van der Waals surface area contributed by atoms with Crippen molar-refractivity contribution in [1.29, 1.82) is 0 Å². The minimum atomic E-state index is -0.925. The highest BCUT2D eigenvalue weighted by Gasteiger charge is 2.19. The molecule has 3 rings (SSSR count). The Morgan fingerprint density at radius 1 is 1.26 bits per heavy atom. The molecule has 0 saturated carbocycles. The molecule has 0 amide bonds. The molecule has 0 aliphatic rings. The molecular formula is C17H15ClN2O3. The summed E-state index contributed by atoms with van der Waals surface area (Å²) in [6.07, 6.45) is 0. The number of nitrogens with two attached hydrogens (primary N) is 1. The number of carboxylic acid groups (broad SMARTS) is 1. The molecule has 0 aliphatic heterocycles. The molecule has 0 atom stereocenters. The summed E-state index contributed by atoms with van der Waals surface area (Å²) >= 11 is 5.88. The molecular weight excluding hydrogens is 316 g/mol. The van der Waals surface area contributed by atoms with Crippen LogP contribution in [0.15, 0.2) is 42.5 Å². The van der Waals surface area contributed by atoms with Gasteiger partial charge in [0.25, 0.3) is 0 Å². The van der Waals surface area contributed by atoms with E-state index in [0.29, 0.717) is 33.3 Å². The van der Waals surface area contributed by atoms with Crippen molar-refractivity contribution in [2.24, 2.45) is 0 Å². The zero-order valence-electron chi connectivity index (χ0n) is 12.4. The molecule has 0 radical (unpaired) electrons. The number of benzene rings is 2. The number of carbonyl (C=O) groups is 1. The Labute approximate surface area is 137 Å². The fraction of sp³-hybridized carbons (Fsp3) is 0.118. The fourth-order valence-electron chi connectivity index (χ4n) is 2.60. The Morgan fingerprint density at radius 2 is 1.96 bits per heavy atom. The predicted molar refractivity (Wildman–Crippen MR) is 90.2 cm³/mol. The smallest absolute Gasteiger partial charge is 0.323 e. The predicted octanol–water partition coefficient (Wildman–Crippen LogP) is 4.06. The van der Waals surface area contributed by atoms with Crippen LogP contribution in [0.4, 0.5) is 5.69 Å². The maximum absolute atomic E-state index is 11.1. The monoisotopic (exact) mass is 330 g/mol. The fourth-order valence-corrected chi connectivity index (χ4v) is 2.72. The van der Waals surface area contributed by atoms with Crippen LogP contribution in [0.5, 0.6) is 11.5 Å². The second-order valence-electron chi connectivity index (χ2n) is 5.19. The van der Waals surface area contributed by atoms with Crippen LogP contribution in [0.2, 0.25) is 5.02 Å². The Kier molecular flexibility index (Phi) is 3.88. The first kappa shape index (κ1) is 15.2. The number of carboxylic acids is 1. The van der Waals surface area contributed by atoms with Gasteiger partial charge in [0.2, 0.25) is 0 Å². The van der Waals surface area contributed by atoms with Crippen LogP contribution in [0.1, 0.15) is 5.69 Å². The lowest BCUT2D eigenvalue weighted by atomic mass is 10.2. The number of aromatic nitrogens is 1. The lowest BCUT2D eigenvalue weighted by molar-refractivity contribution is -0.137. The maximum Gasteiger partial charge on any atom is 0.323 e. The van der Waals surface area contributed by atoms with Gasteiger partial charge in [-0.2, -0.15) is 0 Å². The van der Waals surface area contributed by atoms with Gasteiger partial charge in [0.1, 0.15) is 12.3 Å². The Bertz CT molecular complexity index is 885. The van der Waals surface area contributed by atoms with E-state index >= 15 is 0 Å². The molecule has 3 N–H and O–H groups in total. The van der Waals surface area contributed by atoms with Crippen molar-refractivity contribution in [1.82, 2.24) is 4.57 Å². The van der Waals surface area contributed by atoms with E-state index in [1.165, 1.54) is 0 Å². The molecule has 0 saturated heterocycles.